The molecule has 2 aromatic carbocycles. The molecule has 0 saturated carbocycles. The summed E-state index contributed by atoms with van der Waals surface area (Å²) in [5.74, 6) is -0.743. The molecule has 1 N–H and O–H groups in total. The normalized spacial score (nSPS) is 10.4. The first-order chi connectivity index (χ1) is 13.0. The lowest BCUT2D eigenvalue weighted by atomic mass is 10.1. The van der Waals surface area contributed by atoms with Crippen LogP contribution in [0.3, 0.4) is 0 Å². The third-order valence-corrected chi connectivity index (χ3v) is 5.25. The fourth-order valence-electron chi connectivity index (χ4n) is 2.63. The van der Waals surface area contributed by atoms with Crippen LogP contribution in [0.25, 0.3) is 0 Å². The third-order valence-electron chi connectivity index (χ3n) is 4.17. The van der Waals surface area contributed by atoms with Crippen molar-refractivity contribution in [3.63, 3.8) is 0 Å². The molecule has 1 aromatic heterocycles. The lowest BCUT2D eigenvalue weighted by Gasteiger charge is -2.08. The van der Waals surface area contributed by atoms with Gasteiger partial charge in [-0.1, -0.05) is 41.7 Å². The number of aromatic nitrogens is 1. The topological polar surface area (TPSA) is 74.9 Å². The Labute approximate surface area is 159 Å². The second-order valence-electron chi connectivity index (χ2n) is 5.95. The Morgan fingerprint density at radius 1 is 1.22 bits per heavy atom. The van der Waals surface area contributed by atoms with Crippen molar-refractivity contribution in [2.75, 3.05) is 0 Å². The second kappa shape index (κ2) is 7.98. The highest BCUT2D eigenvalue weighted by atomic mass is 32.1. The number of carbonyl (C=O) groups excluding carboxylic acids is 1. The van der Waals surface area contributed by atoms with Crippen LogP contribution in [0.4, 0.5) is 4.39 Å². The highest BCUT2D eigenvalue weighted by molar-refractivity contribution is 7.11. The van der Waals surface area contributed by atoms with E-state index in [0.29, 0.717) is 21.7 Å². The maximum absolute atomic E-state index is 13.9. The minimum atomic E-state index is -0.387. The summed E-state index contributed by atoms with van der Waals surface area (Å²) in [5.41, 5.74) is 2.29. The summed E-state index contributed by atoms with van der Waals surface area (Å²) in [5, 5.41) is 11.6. The van der Waals surface area contributed by atoms with Crippen molar-refractivity contribution in [2.45, 2.75) is 20.0 Å². The molecule has 27 heavy (non-hydrogen) atoms. The van der Waals surface area contributed by atoms with Crippen LogP contribution in [-0.4, -0.2) is 10.5 Å². The van der Waals surface area contributed by atoms with Crippen LogP contribution >= 0.6 is 11.3 Å². The number of hydrogen-bond donors (Lipinski definition) is 1. The molecule has 1 amide bonds. The molecule has 0 aliphatic heterocycles. The Kier molecular flexibility index (Phi) is 5.48. The van der Waals surface area contributed by atoms with Crippen molar-refractivity contribution in [3.05, 3.63) is 91.3 Å². The number of halogens is 1. The summed E-state index contributed by atoms with van der Waals surface area (Å²) in [6.07, 6.45) is 0. The van der Waals surface area contributed by atoms with Gasteiger partial charge < -0.3 is 5.32 Å². The highest BCUT2D eigenvalue weighted by Gasteiger charge is 2.18. The van der Waals surface area contributed by atoms with Crippen LogP contribution in [0.5, 0.6) is 0 Å². The molecule has 0 unspecified atom stereocenters. The molecule has 3 rings (SSSR count). The molecule has 0 aliphatic carbocycles. The number of amides is 1. The number of thiazole rings is 1. The average molecular weight is 381 g/mol. The zero-order valence-corrected chi connectivity index (χ0v) is 15.3. The number of benzene rings is 2. The third kappa shape index (κ3) is 4.13. The lowest BCUT2D eigenvalue weighted by molar-refractivity contribution is 0.0954. The Hall–Kier alpha value is -3.24. The minimum absolute atomic E-state index is 0.0801. The van der Waals surface area contributed by atoms with Gasteiger partial charge in [-0.25, -0.2) is 4.39 Å². The monoisotopic (exact) mass is 381 g/mol. The summed E-state index contributed by atoms with van der Waals surface area (Å²) in [4.78, 5) is 24.7. The largest absolute Gasteiger partial charge is 0.347 e. The summed E-state index contributed by atoms with van der Waals surface area (Å²) in [6.45, 7) is 2.04. The van der Waals surface area contributed by atoms with E-state index in [1.54, 1.807) is 49.4 Å². The molecule has 0 radical (unpaired) electrons. The Balaban J connectivity index is 1.75. The number of nitrogens with one attached hydrogen (secondary N) is 1. The van der Waals surface area contributed by atoms with Gasteiger partial charge in [0, 0.05) is 17.8 Å². The van der Waals surface area contributed by atoms with Gasteiger partial charge in [0.25, 0.3) is 5.91 Å². The van der Waals surface area contributed by atoms with E-state index in [9.17, 15) is 14.0 Å². The summed E-state index contributed by atoms with van der Waals surface area (Å²) in [6, 6.07) is 15.2. The van der Waals surface area contributed by atoms with Gasteiger partial charge >= 0.3 is 4.87 Å². The molecule has 0 aliphatic rings. The van der Waals surface area contributed by atoms with Gasteiger partial charge in [-0.2, -0.15) is 5.26 Å². The maximum Gasteiger partial charge on any atom is 0.308 e. The molecule has 1 heterocycles. The molecule has 0 bridgehead atoms. The first kappa shape index (κ1) is 18.5. The van der Waals surface area contributed by atoms with Crippen molar-refractivity contribution in [1.29, 1.82) is 5.26 Å². The van der Waals surface area contributed by atoms with E-state index in [2.05, 4.69) is 5.32 Å². The van der Waals surface area contributed by atoms with Gasteiger partial charge in [0.05, 0.1) is 18.2 Å². The Morgan fingerprint density at radius 3 is 2.59 bits per heavy atom. The van der Waals surface area contributed by atoms with Gasteiger partial charge in [0.2, 0.25) is 0 Å². The van der Waals surface area contributed by atoms with E-state index >= 15 is 0 Å². The zero-order chi connectivity index (χ0) is 19.4. The SMILES string of the molecule is Cc1c(C(=O)NCc2ccc(C#N)cc2)sc(=O)n1Cc1ccccc1F. The van der Waals surface area contributed by atoms with Gasteiger partial charge in [-0.05, 0) is 30.7 Å². The van der Waals surface area contributed by atoms with Crippen LogP contribution < -0.4 is 10.2 Å². The number of carbonyl (C=O) groups is 1. The number of hydrogen-bond acceptors (Lipinski definition) is 4. The fourth-order valence-corrected chi connectivity index (χ4v) is 3.54. The molecule has 5 nitrogen and oxygen atoms in total. The second-order valence-corrected chi connectivity index (χ2v) is 6.91. The van der Waals surface area contributed by atoms with E-state index < -0.39 is 0 Å². The number of nitriles is 1. The lowest BCUT2D eigenvalue weighted by Crippen LogP contribution is -2.23. The predicted octanol–water partition coefficient (Wildman–Crippen LogP) is 3.21. The van der Waals surface area contributed by atoms with E-state index in [1.165, 1.54) is 10.6 Å². The first-order valence-corrected chi connectivity index (χ1v) is 9.02. The standard InChI is InChI=1S/C20H16FN3O2S/c1-13-18(19(25)23-11-15-8-6-14(10-22)7-9-15)27-20(26)24(13)12-16-4-2-3-5-17(16)21/h2-9H,11-12H2,1H3,(H,23,25). The molecule has 7 heteroatoms. The Morgan fingerprint density at radius 2 is 1.93 bits per heavy atom. The van der Waals surface area contributed by atoms with Crippen LogP contribution in [0.2, 0.25) is 0 Å². The van der Waals surface area contributed by atoms with Crippen LogP contribution in [-0.2, 0) is 13.1 Å². The van der Waals surface area contributed by atoms with E-state index in [-0.39, 0.29) is 29.7 Å². The van der Waals surface area contributed by atoms with Crippen molar-refractivity contribution in [1.82, 2.24) is 9.88 Å². The number of rotatable bonds is 5. The molecule has 0 spiro atoms. The van der Waals surface area contributed by atoms with Crippen molar-refractivity contribution < 1.29 is 9.18 Å². The van der Waals surface area contributed by atoms with Crippen LogP contribution in [0.1, 0.15) is 32.1 Å². The van der Waals surface area contributed by atoms with Gasteiger partial charge in [-0.15, -0.1) is 0 Å². The van der Waals surface area contributed by atoms with E-state index in [0.717, 1.165) is 16.9 Å². The fraction of sp³-hybridized carbons (Fsp3) is 0.150. The molecule has 0 saturated heterocycles. The van der Waals surface area contributed by atoms with Crippen molar-refractivity contribution >= 4 is 17.2 Å². The van der Waals surface area contributed by atoms with E-state index in [1.807, 2.05) is 6.07 Å². The minimum Gasteiger partial charge on any atom is -0.347 e. The molecule has 0 atom stereocenters. The van der Waals surface area contributed by atoms with Gasteiger partial charge in [0.15, 0.2) is 0 Å². The molecular formula is C20H16FN3O2S. The smallest absolute Gasteiger partial charge is 0.308 e. The zero-order valence-electron chi connectivity index (χ0n) is 14.5. The van der Waals surface area contributed by atoms with Crippen molar-refractivity contribution in [2.24, 2.45) is 0 Å². The summed E-state index contributed by atoms with van der Waals surface area (Å²) >= 11 is 0.845. The van der Waals surface area contributed by atoms with Gasteiger partial charge in [-0.3, -0.25) is 14.2 Å². The number of nitrogens with zero attached hydrogens (tertiary/aromatic N) is 2. The average Bonchev–Trinajstić information content (AvgIpc) is 2.96. The highest BCUT2D eigenvalue weighted by Crippen LogP contribution is 2.15. The van der Waals surface area contributed by atoms with Gasteiger partial charge in [0.1, 0.15) is 10.7 Å². The molecule has 0 fully saturated rings. The van der Waals surface area contributed by atoms with Crippen molar-refractivity contribution in [3.8, 4) is 6.07 Å². The summed E-state index contributed by atoms with van der Waals surface area (Å²) in [7, 11) is 0. The summed E-state index contributed by atoms with van der Waals surface area (Å²) < 4.78 is 15.3. The molecule has 136 valence electrons. The van der Waals surface area contributed by atoms with Crippen LogP contribution in [0, 0.1) is 24.1 Å². The first-order valence-electron chi connectivity index (χ1n) is 8.20. The molecular weight excluding hydrogens is 365 g/mol. The molecule has 3 aromatic rings. The van der Waals surface area contributed by atoms with Crippen LogP contribution in [0.15, 0.2) is 53.3 Å². The predicted molar refractivity (Wildman–Crippen MR) is 101 cm³/mol. The Bertz CT molecular complexity index is 1080. The maximum atomic E-state index is 13.9. The van der Waals surface area contributed by atoms with E-state index in [4.69, 9.17) is 5.26 Å². The quantitative estimate of drug-likeness (QED) is 0.737.